The molecule has 1 saturated carbocycles. The summed E-state index contributed by atoms with van der Waals surface area (Å²) >= 11 is 0. The van der Waals surface area contributed by atoms with Crippen LogP contribution in [0.15, 0.2) is 11.6 Å². The fourth-order valence-corrected chi connectivity index (χ4v) is 3.16. The van der Waals surface area contributed by atoms with Gasteiger partial charge in [-0.05, 0) is 44.9 Å². The van der Waals surface area contributed by atoms with Gasteiger partial charge in [-0.15, -0.1) is 0 Å². The maximum Gasteiger partial charge on any atom is 0.226 e. The van der Waals surface area contributed by atoms with E-state index in [1.54, 1.807) is 4.90 Å². The fraction of sp³-hybridized carbons (Fsp3) is 0.778. The normalized spacial score (nSPS) is 23.6. The van der Waals surface area contributed by atoms with Crippen molar-refractivity contribution in [3.8, 4) is 0 Å². The van der Waals surface area contributed by atoms with Crippen LogP contribution in [0.5, 0.6) is 0 Å². The van der Waals surface area contributed by atoms with Gasteiger partial charge in [-0.2, -0.15) is 0 Å². The quantitative estimate of drug-likeness (QED) is 0.701. The van der Waals surface area contributed by atoms with E-state index in [1.165, 1.54) is 31.3 Å². The van der Waals surface area contributed by atoms with E-state index in [9.17, 15) is 9.59 Å². The maximum atomic E-state index is 12.2. The molecule has 1 N–H and O–H groups in total. The maximum absolute atomic E-state index is 12.2. The van der Waals surface area contributed by atoms with E-state index in [2.05, 4.69) is 18.3 Å². The molecule has 2 aliphatic rings. The lowest BCUT2D eigenvalue weighted by Crippen LogP contribution is -2.32. The Morgan fingerprint density at radius 3 is 2.82 bits per heavy atom. The van der Waals surface area contributed by atoms with Crippen molar-refractivity contribution in [1.29, 1.82) is 0 Å². The van der Waals surface area contributed by atoms with Crippen molar-refractivity contribution in [1.82, 2.24) is 10.2 Å². The Morgan fingerprint density at radius 2 is 2.14 bits per heavy atom. The highest BCUT2D eigenvalue weighted by molar-refractivity contribution is 5.92. The molecule has 0 radical (unpaired) electrons. The number of unbranched alkanes of at least 4 members (excludes halogenated alkanes) is 1. The van der Waals surface area contributed by atoms with Crippen molar-refractivity contribution in [3.05, 3.63) is 11.6 Å². The summed E-state index contributed by atoms with van der Waals surface area (Å²) in [5.41, 5.74) is 1.48. The van der Waals surface area contributed by atoms with Crippen molar-refractivity contribution in [2.75, 3.05) is 20.1 Å². The molecular formula is C18H30N2O2. The number of nitrogens with zero attached hydrogens (tertiary/aromatic N) is 1. The molecule has 0 spiro atoms. The molecule has 4 heteroatoms. The van der Waals surface area contributed by atoms with Crippen LogP contribution in [0, 0.1) is 11.8 Å². The topological polar surface area (TPSA) is 49.4 Å². The van der Waals surface area contributed by atoms with Gasteiger partial charge in [0.2, 0.25) is 11.8 Å². The SMILES string of the molecule is CCCCN(C)C(=O)C1CC1C(=O)NCCC1=CCCCC1. The molecule has 2 aliphatic carbocycles. The highest BCUT2D eigenvalue weighted by Gasteiger charge is 2.48. The Bertz CT molecular complexity index is 431. The van der Waals surface area contributed by atoms with Crippen LogP contribution in [-0.2, 0) is 9.59 Å². The van der Waals surface area contributed by atoms with Gasteiger partial charge in [-0.3, -0.25) is 9.59 Å². The van der Waals surface area contributed by atoms with Crippen molar-refractivity contribution in [2.24, 2.45) is 11.8 Å². The van der Waals surface area contributed by atoms with Crippen LogP contribution in [-0.4, -0.2) is 36.9 Å². The number of amides is 2. The van der Waals surface area contributed by atoms with E-state index in [0.717, 1.165) is 32.2 Å². The van der Waals surface area contributed by atoms with E-state index in [1.807, 2.05) is 7.05 Å². The lowest BCUT2D eigenvalue weighted by atomic mass is 9.97. The summed E-state index contributed by atoms with van der Waals surface area (Å²) in [6, 6.07) is 0. The lowest BCUT2D eigenvalue weighted by molar-refractivity contribution is -0.133. The molecule has 2 rings (SSSR count). The monoisotopic (exact) mass is 306 g/mol. The summed E-state index contributed by atoms with van der Waals surface area (Å²) in [5, 5.41) is 3.01. The van der Waals surface area contributed by atoms with Gasteiger partial charge < -0.3 is 10.2 Å². The van der Waals surface area contributed by atoms with Crippen molar-refractivity contribution >= 4 is 11.8 Å². The first-order valence-corrected chi connectivity index (χ1v) is 8.84. The number of hydrogen-bond acceptors (Lipinski definition) is 2. The summed E-state index contributed by atoms with van der Waals surface area (Å²) in [4.78, 5) is 26.1. The Hall–Kier alpha value is -1.32. The predicted molar refractivity (Wildman–Crippen MR) is 88.3 cm³/mol. The highest BCUT2D eigenvalue weighted by atomic mass is 16.2. The summed E-state index contributed by atoms with van der Waals surface area (Å²) in [7, 11) is 1.85. The van der Waals surface area contributed by atoms with E-state index >= 15 is 0 Å². The number of allylic oxidation sites excluding steroid dienone is 1. The average Bonchev–Trinajstić information content (AvgIpc) is 3.33. The molecule has 0 aromatic carbocycles. The average molecular weight is 306 g/mol. The van der Waals surface area contributed by atoms with Crippen molar-refractivity contribution in [2.45, 2.75) is 58.3 Å². The minimum atomic E-state index is -0.0862. The summed E-state index contributed by atoms with van der Waals surface area (Å²) in [5.74, 6) is 0.0508. The van der Waals surface area contributed by atoms with Gasteiger partial charge in [-0.1, -0.05) is 25.0 Å². The van der Waals surface area contributed by atoms with Crippen molar-refractivity contribution < 1.29 is 9.59 Å². The number of carbonyl (C=O) groups is 2. The molecular weight excluding hydrogens is 276 g/mol. The fourth-order valence-electron chi connectivity index (χ4n) is 3.16. The Morgan fingerprint density at radius 1 is 1.32 bits per heavy atom. The molecule has 0 aromatic rings. The first-order valence-electron chi connectivity index (χ1n) is 8.84. The van der Waals surface area contributed by atoms with Crippen LogP contribution in [0.25, 0.3) is 0 Å². The van der Waals surface area contributed by atoms with Gasteiger partial charge >= 0.3 is 0 Å². The number of carbonyl (C=O) groups excluding carboxylic acids is 2. The molecule has 4 nitrogen and oxygen atoms in total. The Balaban J connectivity index is 1.65. The Kier molecular flexibility index (Phi) is 6.47. The zero-order chi connectivity index (χ0) is 15.9. The van der Waals surface area contributed by atoms with E-state index in [-0.39, 0.29) is 23.7 Å². The smallest absolute Gasteiger partial charge is 0.226 e. The molecule has 2 atom stereocenters. The first-order chi connectivity index (χ1) is 10.6. The lowest BCUT2D eigenvalue weighted by Gasteiger charge is -2.16. The van der Waals surface area contributed by atoms with Crippen LogP contribution in [0.1, 0.15) is 58.3 Å². The zero-order valence-corrected chi connectivity index (χ0v) is 14.1. The number of nitrogens with one attached hydrogen (secondary N) is 1. The molecule has 2 amide bonds. The first kappa shape index (κ1) is 17.0. The van der Waals surface area contributed by atoms with Gasteiger partial charge in [0.1, 0.15) is 0 Å². The third kappa shape index (κ3) is 4.85. The van der Waals surface area contributed by atoms with Crippen LogP contribution >= 0.6 is 0 Å². The molecule has 22 heavy (non-hydrogen) atoms. The molecule has 0 saturated heterocycles. The molecule has 0 bridgehead atoms. The Labute approximate surface area is 134 Å². The zero-order valence-electron chi connectivity index (χ0n) is 14.1. The highest BCUT2D eigenvalue weighted by Crippen LogP contribution is 2.40. The van der Waals surface area contributed by atoms with E-state index < -0.39 is 0 Å². The third-order valence-electron chi connectivity index (χ3n) is 4.80. The number of rotatable bonds is 8. The molecule has 0 heterocycles. The molecule has 0 aliphatic heterocycles. The van der Waals surface area contributed by atoms with E-state index in [0.29, 0.717) is 6.54 Å². The molecule has 1 fully saturated rings. The minimum Gasteiger partial charge on any atom is -0.356 e. The van der Waals surface area contributed by atoms with Crippen LogP contribution < -0.4 is 5.32 Å². The molecule has 0 aromatic heterocycles. The summed E-state index contributed by atoms with van der Waals surface area (Å²) in [6.07, 6.45) is 11.1. The van der Waals surface area contributed by atoms with Crippen LogP contribution in [0.4, 0.5) is 0 Å². The largest absolute Gasteiger partial charge is 0.356 e. The van der Waals surface area contributed by atoms with Gasteiger partial charge in [-0.25, -0.2) is 0 Å². The molecule has 124 valence electrons. The second-order valence-corrected chi connectivity index (χ2v) is 6.71. The third-order valence-corrected chi connectivity index (χ3v) is 4.80. The van der Waals surface area contributed by atoms with Crippen LogP contribution in [0.3, 0.4) is 0 Å². The van der Waals surface area contributed by atoms with E-state index in [4.69, 9.17) is 0 Å². The minimum absolute atomic E-state index is 0.0682. The molecule has 2 unspecified atom stereocenters. The van der Waals surface area contributed by atoms with Gasteiger partial charge in [0.05, 0.1) is 11.8 Å². The van der Waals surface area contributed by atoms with Gasteiger partial charge in [0, 0.05) is 20.1 Å². The van der Waals surface area contributed by atoms with Gasteiger partial charge in [0.25, 0.3) is 0 Å². The van der Waals surface area contributed by atoms with Crippen molar-refractivity contribution in [3.63, 3.8) is 0 Å². The summed E-state index contributed by atoms with van der Waals surface area (Å²) in [6.45, 7) is 3.63. The second kappa shape index (κ2) is 8.35. The predicted octanol–water partition coefficient (Wildman–Crippen LogP) is 2.89. The second-order valence-electron chi connectivity index (χ2n) is 6.71. The van der Waals surface area contributed by atoms with Crippen LogP contribution in [0.2, 0.25) is 0 Å². The number of hydrogen-bond donors (Lipinski definition) is 1. The van der Waals surface area contributed by atoms with Gasteiger partial charge in [0.15, 0.2) is 0 Å². The standard InChI is InChI=1S/C18H30N2O2/c1-3-4-12-20(2)18(22)16-13-15(16)17(21)19-11-10-14-8-6-5-7-9-14/h8,15-16H,3-7,9-13H2,1-2H3,(H,19,21). The summed E-state index contributed by atoms with van der Waals surface area (Å²) < 4.78 is 0.